The summed E-state index contributed by atoms with van der Waals surface area (Å²) < 4.78 is 12.9. The van der Waals surface area contributed by atoms with Gasteiger partial charge in [-0.25, -0.2) is 4.39 Å². The summed E-state index contributed by atoms with van der Waals surface area (Å²) in [6.07, 6.45) is 2.15. The summed E-state index contributed by atoms with van der Waals surface area (Å²) >= 11 is 0. The van der Waals surface area contributed by atoms with E-state index in [1.807, 2.05) is 31.2 Å². The summed E-state index contributed by atoms with van der Waals surface area (Å²) in [6, 6.07) is 14.3. The van der Waals surface area contributed by atoms with Crippen molar-refractivity contribution in [2.45, 2.75) is 32.7 Å². The second-order valence-corrected chi connectivity index (χ2v) is 6.22. The zero-order valence-corrected chi connectivity index (χ0v) is 15.9. The standard InChI is InChI=1S/C21H27FN4O/c1-3-4-20(27)26-19-11-7-17(8-12-19)15-25-21(23-2)24-14-13-16-5-9-18(22)10-6-16/h5-12H,3-4,13-15H2,1-2H3,(H,26,27)(H2,23,24,25). The molecule has 27 heavy (non-hydrogen) atoms. The van der Waals surface area contributed by atoms with E-state index in [2.05, 4.69) is 20.9 Å². The molecule has 0 atom stereocenters. The molecule has 0 saturated carbocycles. The van der Waals surface area contributed by atoms with Gasteiger partial charge in [-0.05, 0) is 48.2 Å². The van der Waals surface area contributed by atoms with Crippen molar-refractivity contribution >= 4 is 17.6 Å². The van der Waals surface area contributed by atoms with Gasteiger partial charge in [0.2, 0.25) is 5.91 Å². The zero-order valence-electron chi connectivity index (χ0n) is 15.9. The van der Waals surface area contributed by atoms with Crippen molar-refractivity contribution in [1.29, 1.82) is 0 Å². The predicted octanol–water partition coefficient (Wildman–Crippen LogP) is 3.47. The Morgan fingerprint density at radius 2 is 1.67 bits per heavy atom. The molecule has 0 spiro atoms. The van der Waals surface area contributed by atoms with Gasteiger partial charge < -0.3 is 16.0 Å². The number of rotatable bonds is 8. The van der Waals surface area contributed by atoms with Crippen molar-refractivity contribution in [2.24, 2.45) is 4.99 Å². The normalized spacial score (nSPS) is 11.1. The summed E-state index contributed by atoms with van der Waals surface area (Å²) in [7, 11) is 1.72. The fourth-order valence-electron chi connectivity index (χ4n) is 2.54. The zero-order chi connectivity index (χ0) is 19.5. The van der Waals surface area contributed by atoms with Crippen molar-refractivity contribution < 1.29 is 9.18 Å². The van der Waals surface area contributed by atoms with Crippen LogP contribution in [0.3, 0.4) is 0 Å². The Hall–Kier alpha value is -2.89. The summed E-state index contributed by atoms with van der Waals surface area (Å²) in [5, 5.41) is 9.37. The van der Waals surface area contributed by atoms with Crippen LogP contribution in [0.2, 0.25) is 0 Å². The number of anilines is 1. The number of amides is 1. The fourth-order valence-corrected chi connectivity index (χ4v) is 2.54. The molecule has 0 aliphatic carbocycles. The van der Waals surface area contributed by atoms with E-state index in [-0.39, 0.29) is 11.7 Å². The molecule has 3 N–H and O–H groups in total. The van der Waals surface area contributed by atoms with Crippen molar-refractivity contribution in [3.05, 3.63) is 65.5 Å². The van der Waals surface area contributed by atoms with Crippen LogP contribution >= 0.6 is 0 Å². The molecule has 2 aromatic rings. The minimum Gasteiger partial charge on any atom is -0.356 e. The van der Waals surface area contributed by atoms with Crippen LogP contribution in [0.1, 0.15) is 30.9 Å². The van der Waals surface area contributed by atoms with Crippen LogP contribution in [0.15, 0.2) is 53.5 Å². The largest absolute Gasteiger partial charge is 0.356 e. The van der Waals surface area contributed by atoms with Crippen molar-refractivity contribution in [2.75, 3.05) is 18.9 Å². The van der Waals surface area contributed by atoms with Gasteiger partial charge in [-0.15, -0.1) is 0 Å². The first kappa shape index (κ1) is 20.4. The highest BCUT2D eigenvalue weighted by molar-refractivity contribution is 5.90. The Labute approximate surface area is 160 Å². The summed E-state index contributed by atoms with van der Waals surface area (Å²) in [6.45, 7) is 3.31. The lowest BCUT2D eigenvalue weighted by atomic mass is 10.1. The van der Waals surface area contributed by atoms with Crippen LogP contribution in [0.4, 0.5) is 10.1 Å². The first-order valence-electron chi connectivity index (χ1n) is 9.18. The quantitative estimate of drug-likeness (QED) is 0.492. The van der Waals surface area contributed by atoms with Gasteiger partial charge in [0.1, 0.15) is 5.82 Å². The highest BCUT2D eigenvalue weighted by Gasteiger charge is 2.02. The Kier molecular flexibility index (Phi) is 8.29. The van der Waals surface area contributed by atoms with E-state index in [4.69, 9.17) is 0 Å². The number of halogens is 1. The van der Waals surface area contributed by atoms with Gasteiger partial charge in [-0.1, -0.05) is 31.2 Å². The number of hydrogen-bond acceptors (Lipinski definition) is 2. The van der Waals surface area contributed by atoms with Crippen LogP contribution in [0.5, 0.6) is 0 Å². The maximum Gasteiger partial charge on any atom is 0.224 e. The number of benzene rings is 2. The molecule has 2 rings (SSSR count). The van der Waals surface area contributed by atoms with Crippen LogP contribution < -0.4 is 16.0 Å². The van der Waals surface area contributed by atoms with Gasteiger partial charge in [0, 0.05) is 32.2 Å². The van der Waals surface area contributed by atoms with Crippen LogP contribution in [0.25, 0.3) is 0 Å². The molecule has 0 aliphatic heterocycles. The molecule has 0 saturated heterocycles. The minimum absolute atomic E-state index is 0.0362. The average molecular weight is 370 g/mol. The Bertz CT molecular complexity index is 742. The third-order valence-electron chi connectivity index (χ3n) is 4.02. The van der Waals surface area contributed by atoms with E-state index < -0.39 is 0 Å². The lowest BCUT2D eigenvalue weighted by Crippen LogP contribution is -2.37. The fraction of sp³-hybridized carbons (Fsp3) is 0.333. The number of carbonyl (C=O) groups is 1. The third kappa shape index (κ3) is 7.48. The molecular formula is C21H27FN4O. The molecule has 5 nitrogen and oxygen atoms in total. The number of nitrogens with zero attached hydrogens (tertiary/aromatic N) is 1. The lowest BCUT2D eigenvalue weighted by molar-refractivity contribution is -0.116. The van der Waals surface area contributed by atoms with Crippen molar-refractivity contribution in [3.63, 3.8) is 0 Å². The molecular weight excluding hydrogens is 343 g/mol. The highest BCUT2D eigenvalue weighted by Crippen LogP contribution is 2.10. The van der Waals surface area contributed by atoms with Gasteiger partial charge in [-0.2, -0.15) is 0 Å². The van der Waals surface area contributed by atoms with Gasteiger partial charge in [0.05, 0.1) is 0 Å². The molecule has 1 amide bonds. The number of carbonyl (C=O) groups excluding carboxylic acids is 1. The molecule has 0 aliphatic rings. The molecule has 0 bridgehead atoms. The molecule has 6 heteroatoms. The first-order chi connectivity index (χ1) is 13.1. The molecule has 0 unspecified atom stereocenters. The second kappa shape index (κ2) is 11.0. The Balaban J connectivity index is 1.74. The molecule has 144 valence electrons. The van der Waals surface area contributed by atoms with E-state index in [0.717, 1.165) is 29.7 Å². The number of guanidine groups is 1. The Morgan fingerprint density at radius 3 is 2.30 bits per heavy atom. The second-order valence-electron chi connectivity index (χ2n) is 6.22. The van der Waals surface area contributed by atoms with Gasteiger partial charge in [-0.3, -0.25) is 9.79 Å². The monoisotopic (exact) mass is 370 g/mol. The maximum absolute atomic E-state index is 12.9. The lowest BCUT2D eigenvalue weighted by Gasteiger charge is -2.12. The summed E-state index contributed by atoms with van der Waals surface area (Å²) in [5.74, 6) is 0.520. The third-order valence-corrected chi connectivity index (χ3v) is 4.02. The van der Waals surface area contributed by atoms with Crippen molar-refractivity contribution in [1.82, 2.24) is 10.6 Å². The number of aliphatic imine (C=N–C) groups is 1. The summed E-state index contributed by atoms with van der Waals surface area (Å²) in [4.78, 5) is 15.8. The molecule has 0 fully saturated rings. The van der Waals surface area contributed by atoms with E-state index in [1.165, 1.54) is 12.1 Å². The van der Waals surface area contributed by atoms with E-state index in [9.17, 15) is 9.18 Å². The molecule has 2 aromatic carbocycles. The number of hydrogen-bond donors (Lipinski definition) is 3. The summed E-state index contributed by atoms with van der Waals surface area (Å²) in [5.41, 5.74) is 2.96. The highest BCUT2D eigenvalue weighted by atomic mass is 19.1. The first-order valence-corrected chi connectivity index (χ1v) is 9.18. The van der Waals surface area contributed by atoms with Crippen LogP contribution in [0, 0.1) is 5.82 Å². The van der Waals surface area contributed by atoms with E-state index in [1.54, 1.807) is 19.2 Å². The van der Waals surface area contributed by atoms with E-state index in [0.29, 0.717) is 25.5 Å². The van der Waals surface area contributed by atoms with Gasteiger partial charge in [0.25, 0.3) is 0 Å². The van der Waals surface area contributed by atoms with E-state index >= 15 is 0 Å². The maximum atomic E-state index is 12.9. The predicted molar refractivity (Wildman–Crippen MR) is 108 cm³/mol. The van der Waals surface area contributed by atoms with Gasteiger partial charge >= 0.3 is 0 Å². The van der Waals surface area contributed by atoms with Crippen molar-refractivity contribution in [3.8, 4) is 0 Å². The molecule has 0 heterocycles. The Morgan fingerprint density at radius 1 is 1.00 bits per heavy atom. The topological polar surface area (TPSA) is 65.5 Å². The average Bonchev–Trinajstić information content (AvgIpc) is 2.67. The van der Waals surface area contributed by atoms with Crippen LogP contribution in [-0.4, -0.2) is 25.5 Å². The molecule has 0 radical (unpaired) electrons. The van der Waals surface area contributed by atoms with Crippen LogP contribution in [-0.2, 0) is 17.8 Å². The SMILES string of the molecule is CCCC(=O)Nc1ccc(CNC(=NC)NCCc2ccc(F)cc2)cc1. The minimum atomic E-state index is -0.222. The van der Waals surface area contributed by atoms with Gasteiger partial charge in [0.15, 0.2) is 5.96 Å². The number of nitrogens with one attached hydrogen (secondary N) is 3. The smallest absolute Gasteiger partial charge is 0.224 e. The molecule has 0 aromatic heterocycles.